The summed E-state index contributed by atoms with van der Waals surface area (Å²) in [5.74, 6) is 1.09. The van der Waals surface area contributed by atoms with Crippen molar-refractivity contribution in [3.05, 3.63) is 34.9 Å². The first-order valence-electron chi connectivity index (χ1n) is 8.48. The Kier molecular flexibility index (Phi) is 4.44. The summed E-state index contributed by atoms with van der Waals surface area (Å²) in [6, 6.07) is 6.93. The van der Waals surface area contributed by atoms with Gasteiger partial charge in [-0.1, -0.05) is 31.9 Å². The van der Waals surface area contributed by atoms with Gasteiger partial charge < -0.3 is 0 Å². The predicted octanol–water partition coefficient (Wildman–Crippen LogP) is 3.87. The van der Waals surface area contributed by atoms with Crippen LogP contribution < -0.4 is 0 Å². The SMILES string of the molecule is CC1CCCC(N(C)CC(=O)c2ccc3c(c2)CCC3)C1. The molecule has 1 fully saturated rings. The number of aryl methyl sites for hydroxylation is 2. The molecule has 0 amide bonds. The van der Waals surface area contributed by atoms with Gasteiger partial charge in [0, 0.05) is 11.6 Å². The lowest BCUT2D eigenvalue weighted by Crippen LogP contribution is -2.38. The predicted molar refractivity (Wildman–Crippen MR) is 86.8 cm³/mol. The zero-order valence-corrected chi connectivity index (χ0v) is 13.4. The average molecular weight is 285 g/mol. The van der Waals surface area contributed by atoms with Gasteiger partial charge in [-0.25, -0.2) is 0 Å². The molecule has 0 radical (unpaired) electrons. The summed E-state index contributed by atoms with van der Waals surface area (Å²) in [7, 11) is 2.12. The summed E-state index contributed by atoms with van der Waals surface area (Å²) in [5.41, 5.74) is 3.75. The van der Waals surface area contributed by atoms with Gasteiger partial charge in [0.05, 0.1) is 6.54 Å². The van der Waals surface area contributed by atoms with E-state index in [2.05, 4.69) is 31.0 Å². The largest absolute Gasteiger partial charge is 0.296 e. The number of hydrogen-bond acceptors (Lipinski definition) is 2. The molecule has 0 spiro atoms. The van der Waals surface area contributed by atoms with Crippen molar-refractivity contribution in [3.63, 3.8) is 0 Å². The van der Waals surface area contributed by atoms with Crippen molar-refractivity contribution in [2.75, 3.05) is 13.6 Å². The Morgan fingerprint density at radius 1 is 1.19 bits per heavy atom. The summed E-state index contributed by atoms with van der Waals surface area (Å²) >= 11 is 0. The maximum Gasteiger partial charge on any atom is 0.176 e. The zero-order chi connectivity index (χ0) is 14.8. The fourth-order valence-corrected chi connectivity index (χ4v) is 3.99. The number of nitrogens with zero attached hydrogens (tertiary/aromatic N) is 1. The molecule has 2 aliphatic carbocycles. The van der Waals surface area contributed by atoms with E-state index < -0.39 is 0 Å². The third kappa shape index (κ3) is 3.37. The molecule has 0 aliphatic heterocycles. The Labute approximate surface area is 128 Å². The van der Waals surface area contributed by atoms with Crippen molar-refractivity contribution < 1.29 is 4.79 Å². The molecule has 1 aromatic carbocycles. The highest BCUT2D eigenvalue weighted by Crippen LogP contribution is 2.27. The van der Waals surface area contributed by atoms with Crippen LogP contribution in [0.4, 0.5) is 0 Å². The zero-order valence-electron chi connectivity index (χ0n) is 13.4. The van der Waals surface area contributed by atoms with Crippen molar-refractivity contribution in [3.8, 4) is 0 Å². The van der Waals surface area contributed by atoms with Gasteiger partial charge in [-0.15, -0.1) is 0 Å². The van der Waals surface area contributed by atoms with Gasteiger partial charge in [-0.2, -0.15) is 0 Å². The molecule has 0 heterocycles. The van der Waals surface area contributed by atoms with Gasteiger partial charge in [0.2, 0.25) is 0 Å². The van der Waals surface area contributed by atoms with Crippen LogP contribution in [0.1, 0.15) is 60.5 Å². The van der Waals surface area contributed by atoms with Gasteiger partial charge in [0.1, 0.15) is 0 Å². The number of carbonyl (C=O) groups is 1. The third-order valence-corrected chi connectivity index (χ3v) is 5.35. The van der Waals surface area contributed by atoms with Crippen LogP contribution in [-0.4, -0.2) is 30.3 Å². The monoisotopic (exact) mass is 285 g/mol. The average Bonchev–Trinajstić information content (AvgIpc) is 2.94. The fraction of sp³-hybridized carbons (Fsp3) is 0.632. The maximum atomic E-state index is 12.5. The van der Waals surface area contributed by atoms with E-state index in [1.807, 2.05) is 6.07 Å². The van der Waals surface area contributed by atoms with Crippen LogP contribution in [0, 0.1) is 5.92 Å². The number of likely N-dealkylation sites (N-methyl/N-ethyl adjacent to an activating group) is 1. The highest BCUT2D eigenvalue weighted by molar-refractivity contribution is 5.97. The van der Waals surface area contributed by atoms with Gasteiger partial charge in [0.15, 0.2) is 5.78 Å². The number of hydrogen-bond donors (Lipinski definition) is 0. The summed E-state index contributed by atoms with van der Waals surface area (Å²) < 4.78 is 0. The minimum atomic E-state index is 0.283. The lowest BCUT2D eigenvalue weighted by atomic mass is 9.86. The topological polar surface area (TPSA) is 20.3 Å². The summed E-state index contributed by atoms with van der Waals surface area (Å²) in [4.78, 5) is 14.8. The Morgan fingerprint density at radius 3 is 2.81 bits per heavy atom. The first-order chi connectivity index (χ1) is 10.1. The summed E-state index contributed by atoms with van der Waals surface area (Å²) in [6.45, 7) is 2.90. The lowest BCUT2D eigenvalue weighted by Gasteiger charge is -2.33. The van der Waals surface area contributed by atoms with E-state index >= 15 is 0 Å². The number of benzene rings is 1. The number of carbonyl (C=O) groups excluding carboxylic acids is 1. The molecule has 1 aromatic rings. The first kappa shape index (κ1) is 14.8. The van der Waals surface area contributed by atoms with Crippen LogP contribution in [0.15, 0.2) is 18.2 Å². The van der Waals surface area contributed by atoms with Crippen LogP contribution >= 0.6 is 0 Å². The molecule has 21 heavy (non-hydrogen) atoms. The van der Waals surface area contributed by atoms with Gasteiger partial charge in [-0.05, 0) is 62.3 Å². The normalized spacial score (nSPS) is 25.1. The number of Topliss-reactive ketones (excluding diaryl/α,β-unsaturated/α-hetero) is 1. The Bertz CT molecular complexity index is 522. The van der Waals surface area contributed by atoms with Crippen LogP contribution in [-0.2, 0) is 12.8 Å². The molecule has 2 nitrogen and oxygen atoms in total. The molecule has 1 saturated carbocycles. The summed E-state index contributed by atoms with van der Waals surface area (Å²) in [5, 5.41) is 0. The minimum absolute atomic E-state index is 0.283. The lowest BCUT2D eigenvalue weighted by molar-refractivity contribution is 0.0882. The molecule has 0 saturated heterocycles. The second-order valence-corrected chi connectivity index (χ2v) is 7.10. The van der Waals surface area contributed by atoms with E-state index in [4.69, 9.17) is 0 Å². The van der Waals surface area contributed by atoms with E-state index in [1.165, 1.54) is 49.7 Å². The maximum absolute atomic E-state index is 12.5. The first-order valence-corrected chi connectivity index (χ1v) is 8.48. The van der Waals surface area contributed by atoms with E-state index in [1.54, 1.807) is 0 Å². The minimum Gasteiger partial charge on any atom is -0.296 e. The van der Waals surface area contributed by atoms with Crippen LogP contribution in [0.3, 0.4) is 0 Å². The highest BCUT2D eigenvalue weighted by Gasteiger charge is 2.24. The van der Waals surface area contributed by atoms with Crippen molar-refractivity contribution in [1.29, 1.82) is 0 Å². The number of ketones is 1. The molecule has 114 valence electrons. The smallest absolute Gasteiger partial charge is 0.176 e. The number of fused-ring (bicyclic) bond motifs is 1. The molecule has 0 N–H and O–H groups in total. The highest BCUT2D eigenvalue weighted by atomic mass is 16.1. The van der Waals surface area contributed by atoms with Gasteiger partial charge in [0.25, 0.3) is 0 Å². The van der Waals surface area contributed by atoms with E-state index in [0.29, 0.717) is 12.6 Å². The standard InChI is InChI=1S/C19H27NO/c1-14-5-3-8-18(11-14)20(2)13-19(21)17-10-9-15-6-4-7-16(15)12-17/h9-10,12,14,18H,3-8,11,13H2,1-2H3. The quantitative estimate of drug-likeness (QED) is 0.783. The van der Waals surface area contributed by atoms with Crippen LogP contribution in [0.2, 0.25) is 0 Å². The van der Waals surface area contributed by atoms with Crippen LogP contribution in [0.25, 0.3) is 0 Å². The molecule has 2 atom stereocenters. The molecule has 0 aromatic heterocycles. The molecule has 2 aliphatic rings. The second-order valence-electron chi connectivity index (χ2n) is 7.10. The molecule has 2 unspecified atom stereocenters. The van der Waals surface area contributed by atoms with Crippen molar-refractivity contribution in [2.45, 2.75) is 57.9 Å². The van der Waals surface area contributed by atoms with Gasteiger partial charge in [-0.3, -0.25) is 9.69 Å². The van der Waals surface area contributed by atoms with E-state index in [-0.39, 0.29) is 5.78 Å². The molecule has 0 bridgehead atoms. The van der Waals surface area contributed by atoms with Crippen molar-refractivity contribution >= 4 is 5.78 Å². The Morgan fingerprint density at radius 2 is 2.00 bits per heavy atom. The van der Waals surface area contributed by atoms with E-state index in [9.17, 15) is 4.79 Å². The molecule has 3 rings (SSSR count). The van der Waals surface area contributed by atoms with E-state index in [0.717, 1.165) is 17.9 Å². The van der Waals surface area contributed by atoms with Crippen LogP contribution in [0.5, 0.6) is 0 Å². The molecular formula is C19H27NO. The second kappa shape index (κ2) is 6.31. The van der Waals surface area contributed by atoms with Crippen molar-refractivity contribution in [2.24, 2.45) is 5.92 Å². The van der Waals surface area contributed by atoms with Crippen molar-refractivity contribution in [1.82, 2.24) is 4.90 Å². The fourth-order valence-electron chi connectivity index (χ4n) is 3.99. The third-order valence-electron chi connectivity index (χ3n) is 5.35. The molecule has 2 heteroatoms. The summed E-state index contributed by atoms with van der Waals surface area (Å²) in [6.07, 6.45) is 8.72. The van der Waals surface area contributed by atoms with Gasteiger partial charge >= 0.3 is 0 Å². The Balaban J connectivity index is 1.63. The number of rotatable bonds is 4. The Hall–Kier alpha value is -1.15. The molecular weight excluding hydrogens is 258 g/mol.